The van der Waals surface area contributed by atoms with Crippen molar-refractivity contribution >= 4 is 45.1 Å². The lowest BCUT2D eigenvalue weighted by atomic mass is 10.2. The summed E-state index contributed by atoms with van der Waals surface area (Å²) in [5.41, 5.74) is 0.806. The molecule has 5 heteroatoms. The summed E-state index contributed by atoms with van der Waals surface area (Å²) >= 11 is 12.8. The van der Waals surface area contributed by atoms with E-state index in [1.807, 2.05) is 18.2 Å². The number of carboxylic acid groups (broad SMARTS) is 1. The van der Waals surface area contributed by atoms with Crippen molar-refractivity contribution < 1.29 is 9.90 Å². The number of carbonyl (C=O) groups is 1. The number of alkyl halides is 2. The van der Waals surface area contributed by atoms with Gasteiger partial charge in [-0.15, -0.1) is 23.2 Å². The molecule has 0 atom stereocenters. The van der Waals surface area contributed by atoms with E-state index in [1.165, 1.54) is 0 Å². The Morgan fingerprint density at radius 2 is 1.86 bits per heavy atom. The highest BCUT2D eigenvalue weighted by Gasteiger charge is 2.02. The van der Waals surface area contributed by atoms with Gasteiger partial charge in [-0.2, -0.15) is 0 Å². The van der Waals surface area contributed by atoms with Crippen LogP contribution in [0.3, 0.4) is 0 Å². The normalized spacial score (nSPS) is 8.79. The molecule has 0 aliphatic heterocycles. The molecule has 0 fully saturated rings. The third-order valence-corrected chi connectivity index (χ3v) is 2.07. The fourth-order valence-corrected chi connectivity index (χ4v) is 1.23. The quantitative estimate of drug-likeness (QED) is 0.849. The van der Waals surface area contributed by atoms with Crippen molar-refractivity contribution in [1.82, 2.24) is 0 Å². The summed E-state index contributed by atoms with van der Waals surface area (Å²) in [6.45, 7) is 0. The zero-order valence-corrected chi connectivity index (χ0v) is 10.3. The lowest BCUT2D eigenvalue weighted by Crippen LogP contribution is -2.00. The molecule has 0 aliphatic carbocycles. The second-order valence-electron chi connectivity index (χ2n) is 2.26. The van der Waals surface area contributed by atoms with Gasteiger partial charge in [-0.3, -0.25) is 4.79 Å². The molecule has 0 saturated carbocycles. The van der Waals surface area contributed by atoms with Gasteiger partial charge in [0.05, 0.1) is 11.8 Å². The van der Waals surface area contributed by atoms with Crippen LogP contribution in [-0.4, -0.2) is 16.4 Å². The van der Waals surface area contributed by atoms with Crippen LogP contribution in [0.25, 0.3) is 0 Å². The van der Waals surface area contributed by atoms with E-state index < -0.39 is 5.97 Å². The molecule has 0 bridgehead atoms. The van der Waals surface area contributed by atoms with Crippen LogP contribution in [0.5, 0.6) is 0 Å². The first-order valence-corrected chi connectivity index (χ1v) is 5.55. The fourth-order valence-electron chi connectivity index (χ4n) is 0.805. The van der Waals surface area contributed by atoms with Gasteiger partial charge in [-0.25, -0.2) is 0 Å². The molecule has 2 nitrogen and oxygen atoms in total. The van der Waals surface area contributed by atoms with Gasteiger partial charge in [-0.1, -0.05) is 34.1 Å². The standard InChI is InChI=1S/C8H7BrO2.CH2Cl2/c9-7-4-2-1-3-6(7)5-8(10)11;2-1-3/h1-4H,5H2,(H,10,11);1H2. The minimum absolute atomic E-state index is 0.0709. The predicted octanol–water partition coefficient (Wildman–Crippen LogP) is 3.50. The largest absolute Gasteiger partial charge is 0.481 e. The van der Waals surface area contributed by atoms with Crippen molar-refractivity contribution in [3.8, 4) is 0 Å². The zero-order valence-electron chi connectivity index (χ0n) is 7.21. The summed E-state index contributed by atoms with van der Waals surface area (Å²) in [6, 6.07) is 7.30. The van der Waals surface area contributed by atoms with E-state index in [4.69, 9.17) is 28.3 Å². The Morgan fingerprint density at radius 3 is 2.29 bits per heavy atom. The number of benzene rings is 1. The summed E-state index contributed by atoms with van der Waals surface area (Å²) in [4.78, 5) is 10.3. The second-order valence-corrected chi connectivity index (χ2v) is 3.93. The molecule has 0 amide bonds. The highest BCUT2D eigenvalue weighted by atomic mass is 79.9. The molecule has 0 aromatic heterocycles. The van der Waals surface area contributed by atoms with Crippen LogP contribution in [0, 0.1) is 0 Å². The lowest BCUT2D eigenvalue weighted by Gasteiger charge is -1.98. The van der Waals surface area contributed by atoms with Crippen LogP contribution in [-0.2, 0) is 11.2 Å². The Kier molecular flexibility index (Phi) is 7.95. The van der Waals surface area contributed by atoms with Crippen LogP contribution in [0.1, 0.15) is 5.56 Å². The highest BCUT2D eigenvalue weighted by molar-refractivity contribution is 9.10. The Hall–Kier alpha value is -0.250. The summed E-state index contributed by atoms with van der Waals surface area (Å²) < 4.78 is 0.849. The minimum Gasteiger partial charge on any atom is -0.481 e. The number of aliphatic carboxylic acids is 1. The second kappa shape index (κ2) is 8.09. The van der Waals surface area contributed by atoms with Gasteiger partial charge >= 0.3 is 5.97 Å². The minimum atomic E-state index is -0.808. The Bertz CT molecular complexity index is 292. The van der Waals surface area contributed by atoms with Gasteiger partial charge < -0.3 is 5.11 Å². The molecule has 1 N–H and O–H groups in total. The first kappa shape index (κ1) is 13.8. The number of hydrogen-bond acceptors (Lipinski definition) is 1. The smallest absolute Gasteiger partial charge is 0.307 e. The molecule has 0 heterocycles. The van der Waals surface area contributed by atoms with E-state index in [1.54, 1.807) is 6.07 Å². The van der Waals surface area contributed by atoms with E-state index in [-0.39, 0.29) is 11.8 Å². The van der Waals surface area contributed by atoms with E-state index in [0.29, 0.717) is 0 Å². The monoisotopic (exact) mass is 298 g/mol. The molecule has 0 unspecified atom stereocenters. The van der Waals surface area contributed by atoms with Gasteiger partial charge in [-0.05, 0) is 11.6 Å². The topological polar surface area (TPSA) is 37.3 Å². The molecule has 0 saturated heterocycles. The van der Waals surface area contributed by atoms with E-state index in [2.05, 4.69) is 15.9 Å². The SMILES string of the molecule is ClCCl.O=C(O)Cc1ccccc1Br. The van der Waals surface area contributed by atoms with Crippen molar-refractivity contribution in [2.75, 3.05) is 5.34 Å². The van der Waals surface area contributed by atoms with Crippen LogP contribution in [0.4, 0.5) is 0 Å². The average molecular weight is 300 g/mol. The molecule has 1 aromatic rings. The van der Waals surface area contributed by atoms with Gasteiger partial charge in [0.2, 0.25) is 0 Å². The maximum atomic E-state index is 10.3. The summed E-state index contributed by atoms with van der Waals surface area (Å²) in [5.74, 6) is -0.808. The van der Waals surface area contributed by atoms with Gasteiger partial charge in [0.25, 0.3) is 0 Å². The van der Waals surface area contributed by atoms with E-state index in [9.17, 15) is 4.79 Å². The molecule has 0 aliphatic rings. The Morgan fingerprint density at radius 1 is 1.36 bits per heavy atom. The lowest BCUT2D eigenvalue weighted by molar-refractivity contribution is -0.136. The molecule has 1 aromatic carbocycles. The maximum absolute atomic E-state index is 10.3. The van der Waals surface area contributed by atoms with Crippen molar-refractivity contribution in [3.05, 3.63) is 34.3 Å². The van der Waals surface area contributed by atoms with Crippen LogP contribution in [0.15, 0.2) is 28.7 Å². The van der Waals surface area contributed by atoms with Gasteiger partial charge in [0.1, 0.15) is 0 Å². The number of carboxylic acids is 1. The first-order valence-electron chi connectivity index (χ1n) is 3.69. The molecular weight excluding hydrogens is 291 g/mol. The Labute approximate surface area is 101 Å². The summed E-state index contributed by atoms with van der Waals surface area (Å²) in [5, 5.41) is 8.66. The number of halogens is 3. The number of rotatable bonds is 2. The van der Waals surface area contributed by atoms with Crippen molar-refractivity contribution in [3.63, 3.8) is 0 Å². The average Bonchev–Trinajstić information content (AvgIpc) is 2.09. The third-order valence-electron chi connectivity index (χ3n) is 1.30. The molecule has 14 heavy (non-hydrogen) atoms. The predicted molar refractivity (Wildman–Crippen MR) is 62.1 cm³/mol. The Balaban J connectivity index is 0.000000500. The van der Waals surface area contributed by atoms with Crippen molar-refractivity contribution in [1.29, 1.82) is 0 Å². The van der Waals surface area contributed by atoms with E-state index >= 15 is 0 Å². The zero-order chi connectivity index (χ0) is 11.0. The summed E-state index contributed by atoms with van der Waals surface area (Å²) in [6.07, 6.45) is 0.0709. The van der Waals surface area contributed by atoms with Crippen molar-refractivity contribution in [2.24, 2.45) is 0 Å². The van der Waals surface area contributed by atoms with Gasteiger partial charge in [0.15, 0.2) is 0 Å². The number of hydrogen-bond donors (Lipinski definition) is 1. The first-order chi connectivity index (χ1) is 6.61. The van der Waals surface area contributed by atoms with E-state index in [0.717, 1.165) is 10.0 Å². The third kappa shape index (κ3) is 6.24. The van der Waals surface area contributed by atoms with Crippen LogP contribution in [0.2, 0.25) is 0 Å². The highest BCUT2D eigenvalue weighted by Crippen LogP contribution is 2.15. The van der Waals surface area contributed by atoms with Crippen LogP contribution >= 0.6 is 39.1 Å². The maximum Gasteiger partial charge on any atom is 0.307 e. The van der Waals surface area contributed by atoms with Crippen molar-refractivity contribution in [2.45, 2.75) is 6.42 Å². The molecule has 0 radical (unpaired) electrons. The van der Waals surface area contributed by atoms with Gasteiger partial charge in [0, 0.05) is 4.47 Å². The molecule has 1 rings (SSSR count). The fraction of sp³-hybridized carbons (Fsp3) is 0.222. The molecular formula is C9H9BrCl2O2. The summed E-state index contributed by atoms with van der Waals surface area (Å²) in [7, 11) is 0. The molecule has 0 spiro atoms. The molecule has 78 valence electrons. The van der Waals surface area contributed by atoms with Crippen LogP contribution < -0.4 is 0 Å².